The second-order valence-corrected chi connectivity index (χ2v) is 5.34. The third-order valence-corrected chi connectivity index (χ3v) is 2.51. The fourth-order valence-electron chi connectivity index (χ4n) is 1.47. The van der Waals surface area contributed by atoms with Gasteiger partial charge in [0.1, 0.15) is 5.75 Å². The number of benzene rings is 1. The molecule has 2 nitrogen and oxygen atoms in total. The first kappa shape index (κ1) is 13.0. The predicted molar refractivity (Wildman–Crippen MR) is 72.0 cm³/mol. The van der Waals surface area contributed by atoms with Crippen LogP contribution in [-0.2, 0) is 5.41 Å². The van der Waals surface area contributed by atoms with Gasteiger partial charge in [0.2, 0.25) is 0 Å². The van der Waals surface area contributed by atoms with Crippen molar-refractivity contribution in [3.63, 3.8) is 0 Å². The largest absolute Gasteiger partial charge is 0.493 e. The van der Waals surface area contributed by atoms with Gasteiger partial charge in [-0.2, -0.15) is 0 Å². The van der Waals surface area contributed by atoms with Crippen LogP contribution in [0.4, 0.5) is 0 Å². The van der Waals surface area contributed by atoms with Crippen LogP contribution in [0.1, 0.15) is 32.8 Å². The second kappa shape index (κ2) is 5.30. The highest BCUT2D eigenvalue weighted by atomic mass is 32.1. The van der Waals surface area contributed by atoms with Crippen LogP contribution in [0.25, 0.3) is 0 Å². The summed E-state index contributed by atoms with van der Waals surface area (Å²) in [7, 11) is 0. The van der Waals surface area contributed by atoms with Crippen LogP contribution >= 0.6 is 12.2 Å². The van der Waals surface area contributed by atoms with Crippen LogP contribution in [0.3, 0.4) is 0 Å². The van der Waals surface area contributed by atoms with Gasteiger partial charge in [0.25, 0.3) is 0 Å². The number of para-hydroxylation sites is 1. The zero-order valence-corrected chi connectivity index (χ0v) is 10.9. The zero-order valence-electron chi connectivity index (χ0n) is 10.1. The molecule has 1 rings (SSSR count). The molecule has 0 aromatic heterocycles. The van der Waals surface area contributed by atoms with Crippen LogP contribution in [0.5, 0.6) is 5.75 Å². The SMILES string of the molecule is CC(C)(C)c1ccccc1OCCC(N)=S. The highest BCUT2D eigenvalue weighted by Crippen LogP contribution is 2.30. The lowest BCUT2D eigenvalue weighted by atomic mass is 9.86. The van der Waals surface area contributed by atoms with Crippen molar-refractivity contribution in [3.05, 3.63) is 29.8 Å². The van der Waals surface area contributed by atoms with E-state index in [1.54, 1.807) is 0 Å². The molecule has 0 aliphatic carbocycles. The molecule has 0 heterocycles. The maximum Gasteiger partial charge on any atom is 0.123 e. The van der Waals surface area contributed by atoms with E-state index in [4.69, 9.17) is 22.7 Å². The maximum atomic E-state index is 5.71. The molecule has 0 saturated heterocycles. The van der Waals surface area contributed by atoms with Gasteiger partial charge >= 0.3 is 0 Å². The third kappa shape index (κ3) is 3.81. The quantitative estimate of drug-likeness (QED) is 0.818. The number of hydrogen-bond donors (Lipinski definition) is 1. The molecular weight excluding hydrogens is 218 g/mol. The molecule has 0 fully saturated rings. The van der Waals surface area contributed by atoms with E-state index in [0.717, 1.165) is 5.75 Å². The molecule has 3 heteroatoms. The summed E-state index contributed by atoms with van der Waals surface area (Å²) in [5.74, 6) is 0.922. The summed E-state index contributed by atoms with van der Waals surface area (Å²) in [6, 6.07) is 8.09. The zero-order chi connectivity index (χ0) is 12.2. The summed E-state index contributed by atoms with van der Waals surface area (Å²) in [5.41, 5.74) is 6.72. The van der Waals surface area contributed by atoms with Crippen molar-refractivity contribution < 1.29 is 4.74 Å². The average molecular weight is 237 g/mol. The van der Waals surface area contributed by atoms with Crippen molar-refractivity contribution in [1.82, 2.24) is 0 Å². The summed E-state index contributed by atoms with van der Waals surface area (Å²) in [5, 5.41) is 0. The molecule has 0 saturated carbocycles. The van der Waals surface area contributed by atoms with Crippen molar-refractivity contribution in [2.75, 3.05) is 6.61 Å². The van der Waals surface area contributed by atoms with Gasteiger partial charge in [0.15, 0.2) is 0 Å². The number of ether oxygens (including phenoxy) is 1. The van der Waals surface area contributed by atoms with E-state index >= 15 is 0 Å². The molecular formula is C13H19NOS. The topological polar surface area (TPSA) is 35.2 Å². The molecule has 0 spiro atoms. The Hall–Kier alpha value is -1.09. The Morgan fingerprint density at radius 1 is 1.31 bits per heavy atom. The van der Waals surface area contributed by atoms with Gasteiger partial charge in [-0.1, -0.05) is 51.2 Å². The molecule has 0 radical (unpaired) electrons. The molecule has 88 valence electrons. The van der Waals surface area contributed by atoms with Gasteiger partial charge in [-0.3, -0.25) is 0 Å². The molecule has 0 aliphatic heterocycles. The van der Waals surface area contributed by atoms with Gasteiger partial charge in [-0.05, 0) is 17.0 Å². The smallest absolute Gasteiger partial charge is 0.123 e. The summed E-state index contributed by atoms with van der Waals surface area (Å²) < 4.78 is 5.71. The minimum atomic E-state index is 0.0832. The Morgan fingerprint density at radius 3 is 2.50 bits per heavy atom. The summed E-state index contributed by atoms with van der Waals surface area (Å²) >= 11 is 4.81. The Labute approximate surface area is 103 Å². The van der Waals surface area contributed by atoms with Gasteiger partial charge in [-0.25, -0.2) is 0 Å². The third-order valence-electron chi connectivity index (χ3n) is 2.30. The molecule has 1 aromatic rings. The fourth-order valence-corrected chi connectivity index (χ4v) is 1.56. The van der Waals surface area contributed by atoms with E-state index in [9.17, 15) is 0 Å². The first-order valence-electron chi connectivity index (χ1n) is 5.42. The maximum absolute atomic E-state index is 5.71. The van der Waals surface area contributed by atoms with Crippen LogP contribution in [-0.4, -0.2) is 11.6 Å². The van der Waals surface area contributed by atoms with E-state index in [1.807, 2.05) is 18.2 Å². The average Bonchev–Trinajstić information content (AvgIpc) is 2.16. The number of nitrogens with two attached hydrogens (primary N) is 1. The molecule has 0 atom stereocenters. The summed E-state index contributed by atoms with van der Waals surface area (Å²) in [4.78, 5) is 0.494. The fraction of sp³-hybridized carbons (Fsp3) is 0.462. The van der Waals surface area contributed by atoms with Gasteiger partial charge < -0.3 is 10.5 Å². The van der Waals surface area contributed by atoms with E-state index in [1.165, 1.54) is 5.56 Å². The van der Waals surface area contributed by atoms with Crippen molar-refractivity contribution in [2.24, 2.45) is 5.73 Å². The first-order valence-corrected chi connectivity index (χ1v) is 5.82. The van der Waals surface area contributed by atoms with Crippen LogP contribution in [0.2, 0.25) is 0 Å². The molecule has 0 amide bonds. The first-order chi connectivity index (χ1) is 7.41. The Bertz CT molecular complexity index is 368. The minimum Gasteiger partial charge on any atom is -0.493 e. The van der Waals surface area contributed by atoms with Gasteiger partial charge in [-0.15, -0.1) is 0 Å². The lowest BCUT2D eigenvalue weighted by Gasteiger charge is -2.22. The summed E-state index contributed by atoms with van der Waals surface area (Å²) in [6.07, 6.45) is 0.619. The minimum absolute atomic E-state index is 0.0832. The van der Waals surface area contributed by atoms with E-state index in [0.29, 0.717) is 18.0 Å². The Morgan fingerprint density at radius 2 is 1.94 bits per heavy atom. The lowest BCUT2D eigenvalue weighted by molar-refractivity contribution is 0.320. The van der Waals surface area contributed by atoms with Crippen LogP contribution in [0, 0.1) is 0 Å². The van der Waals surface area contributed by atoms with E-state index in [-0.39, 0.29) is 5.41 Å². The van der Waals surface area contributed by atoms with Crippen LogP contribution < -0.4 is 10.5 Å². The molecule has 16 heavy (non-hydrogen) atoms. The van der Waals surface area contributed by atoms with Gasteiger partial charge in [0, 0.05) is 6.42 Å². The van der Waals surface area contributed by atoms with Crippen molar-refractivity contribution in [1.29, 1.82) is 0 Å². The molecule has 2 N–H and O–H groups in total. The second-order valence-electron chi connectivity index (χ2n) is 4.81. The normalized spacial score (nSPS) is 11.2. The predicted octanol–water partition coefficient (Wildman–Crippen LogP) is 3.04. The van der Waals surface area contributed by atoms with E-state index < -0.39 is 0 Å². The Balaban J connectivity index is 2.76. The van der Waals surface area contributed by atoms with E-state index in [2.05, 4.69) is 26.8 Å². The number of hydrogen-bond acceptors (Lipinski definition) is 2. The van der Waals surface area contributed by atoms with Crippen molar-refractivity contribution >= 4 is 17.2 Å². The summed E-state index contributed by atoms with van der Waals surface area (Å²) in [6.45, 7) is 7.05. The monoisotopic (exact) mass is 237 g/mol. The highest BCUT2D eigenvalue weighted by Gasteiger charge is 2.18. The molecule has 0 bridgehead atoms. The molecule has 0 aliphatic rings. The van der Waals surface area contributed by atoms with Crippen molar-refractivity contribution in [2.45, 2.75) is 32.6 Å². The number of thiocarbonyl (C=S) groups is 1. The van der Waals surface area contributed by atoms with Crippen molar-refractivity contribution in [3.8, 4) is 5.75 Å². The molecule has 0 unspecified atom stereocenters. The Kier molecular flexibility index (Phi) is 4.30. The highest BCUT2D eigenvalue weighted by molar-refractivity contribution is 7.80. The number of rotatable bonds is 4. The van der Waals surface area contributed by atoms with Gasteiger partial charge in [0.05, 0.1) is 11.6 Å². The van der Waals surface area contributed by atoms with Crippen LogP contribution in [0.15, 0.2) is 24.3 Å². The molecule has 1 aromatic carbocycles. The standard InChI is InChI=1S/C13H19NOS/c1-13(2,3)10-6-4-5-7-11(10)15-9-8-12(14)16/h4-7H,8-9H2,1-3H3,(H2,14,16). The lowest BCUT2D eigenvalue weighted by Crippen LogP contribution is -2.16.